The van der Waals surface area contributed by atoms with Gasteiger partial charge in [0.25, 0.3) is 0 Å². The number of hydrogen-bond acceptors (Lipinski definition) is 4. The van der Waals surface area contributed by atoms with Gasteiger partial charge in [-0.2, -0.15) is 0 Å². The van der Waals surface area contributed by atoms with Crippen molar-refractivity contribution in [3.05, 3.63) is 46.1 Å². The molecule has 1 N–H and O–H groups in total. The lowest BCUT2D eigenvalue weighted by atomic mass is 9.89. The third kappa shape index (κ3) is 2.25. The van der Waals surface area contributed by atoms with Gasteiger partial charge in [-0.15, -0.1) is 0 Å². The van der Waals surface area contributed by atoms with E-state index < -0.39 is 11.6 Å². The van der Waals surface area contributed by atoms with Gasteiger partial charge in [-0.25, -0.2) is 0 Å². The molecule has 0 saturated carbocycles. The van der Waals surface area contributed by atoms with Crippen LogP contribution >= 0.6 is 0 Å². The Morgan fingerprint density at radius 1 is 1.10 bits per heavy atom. The summed E-state index contributed by atoms with van der Waals surface area (Å²) in [6.45, 7) is 6.83. The number of carbonyl (C=O) groups is 2. The van der Waals surface area contributed by atoms with Crippen LogP contribution in [0.4, 0.5) is 0 Å². The van der Waals surface area contributed by atoms with Crippen LogP contribution in [0.5, 0.6) is 0 Å². The fourth-order valence-corrected chi connectivity index (χ4v) is 2.08. The molecule has 1 aromatic heterocycles. The molecule has 0 saturated heterocycles. The van der Waals surface area contributed by atoms with Crippen LogP contribution in [-0.2, 0) is 9.59 Å². The van der Waals surface area contributed by atoms with Gasteiger partial charge < -0.3 is 9.52 Å². The van der Waals surface area contributed by atoms with Crippen LogP contribution in [0.25, 0.3) is 11.6 Å². The minimum absolute atomic E-state index is 0.0516. The van der Waals surface area contributed by atoms with Gasteiger partial charge in [-0.3, -0.25) is 9.59 Å². The molecule has 0 fully saturated rings. The molecule has 1 aliphatic carbocycles. The van der Waals surface area contributed by atoms with Crippen molar-refractivity contribution >= 4 is 23.2 Å². The third-order valence-corrected chi connectivity index (χ3v) is 3.16. The number of furan rings is 1. The Labute approximate surface area is 117 Å². The number of carbonyl (C=O) groups excluding carboxylic acids is 2. The maximum absolute atomic E-state index is 11.8. The van der Waals surface area contributed by atoms with Crippen molar-refractivity contribution in [2.75, 3.05) is 0 Å². The summed E-state index contributed by atoms with van der Waals surface area (Å²) in [5, 5.41) is 10.1. The third-order valence-electron chi connectivity index (χ3n) is 3.16. The molecule has 1 aromatic rings. The van der Waals surface area contributed by atoms with Crippen molar-refractivity contribution in [3.63, 3.8) is 0 Å². The molecule has 1 heterocycles. The number of Topliss-reactive ketones (excluding diaryl/α,β-unsaturated/α-hetero) is 2. The van der Waals surface area contributed by atoms with Crippen LogP contribution in [0.2, 0.25) is 0 Å². The Balaban J connectivity index is 2.56. The van der Waals surface area contributed by atoms with Crippen LogP contribution in [0.1, 0.15) is 39.2 Å². The Hall–Kier alpha value is -2.36. The van der Waals surface area contributed by atoms with Crippen molar-refractivity contribution in [1.82, 2.24) is 0 Å². The standard InChI is InChI=1S/C16H16O4/c1-8(2)7-11-5-6-12(20-11)13-9(3)15(18)16(19)10(4)14(13)17/h5-7,17H,1-4H3. The molecule has 4 nitrogen and oxygen atoms in total. The fourth-order valence-electron chi connectivity index (χ4n) is 2.08. The van der Waals surface area contributed by atoms with E-state index in [1.54, 1.807) is 12.1 Å². The van der Waals surface area contributed by atoms with E-state index in [0.29, 0.717) is 17.1 Å². The normalized spacial score (nSPS) is 16.0. The van der Waals surface area contributed by atoms with Gasteiger partial charge in [-0.05, 0) is 45.9 Å². The van der Waals surface area contributed by atoms with E-state index in [-0.39, 0.29) is 16.9 Å². The first kappa shape index (κ1) is 14.1. The maximum atomic E-state index is 11.8. The van der Waals surface area contributed by atoms with Crippen LogP contribution < -0.4 is 0 Å². The van der Waals surface area contributed by atoms with Gasteiger partial charge in [0.15, 0.2) is 0 Å². The van der Waals surface area contributed by atoms with Gasteiger partial charge in [-0.1, -0.05) is 5.57 Å². The number of hydrogen-bond donors (Lipinski definition) is 1. The number of ketones is 2. The molecule has 0 radical (unpaired) electrons. The first-order valence-electron chi connectivity index (χ1n) is 6.28. The molecule has 0 amide bonds. The first-order chi connectivity index (χ1) is 9.32. The summed E-state index contributed by atoms with van der Waals surface area (Å²) in [4.78, 5) is 23.5. The molecular formula is C16H16O4. The Bertz CT molecular complexity index is 692. The van der Waals surface area contributed by atoms with Crippen molar-refractivity contribution in [2.45, 2.75) is 27.7 Å². The fraction of sp³-hybridized carbons (Fsp3) is 0.250. The second kappa shape index (κ2) is 4.96. The zero-order valence-electron chi connectivity index (χ0n) is 11.9. The van der Waals surface area contributed by atoms with Crippen molar-refractivity contribution in [3.8, 4) is 0 Å². The summed E-state index contributed by atoms with van der Waals surface area (Å²) in [5.41, 5.74) is 1.62. The first-order valence-corrected chi connectivity index (χ1v) is 6.28. The molecule has 2 rings (SSSR count). The largest absolute Gasteiger partial charge is 0.507 e. The lowest BCUT2D eigenvalue weighted by molar-refractivity contribution is -0.132. The highest BCUT2D eigenvalue weighted by atomic mass is 16.3. The van der Waals surface area contributed by atoms with Gasteiger partial charge in [0, 0.05) is 11.1 Å². The molecule has 0 aromatic carbocycles. The summed E-state index contributed by atoms with van der Waals surface area (Å²) in [6, 6.07) is 3.44. The van der Waals surface area contributed by atoms with Gasteiger partial charge in [0.2, 0.25) is 11.6 Å². The van der Waals surface area contributed by atoms with Crippen LogP contribution in [0.3, 0.4) is 0 Å². The zero-order chi connectivity index (χ0) is 15.0. The SMILES string of the molecule is CC(C)=Cc1ccc(C2=C(C)C(=O)C(=O)C(C)=C2O)o1. The number of aliphatic hydroxyl groups excluding tert-OH is 1. The van der Waals surface area contributed by atoms with Crippen LogP contribution in [0, 0.1) is 0 Å². The summed E-state index contributed by atoms with van der Waals surface area (Å²) in [5.74, 6) is -0.441. The van der Waals surface area contributed by atoms with E-state index in [1.165, 1.54) is 13.8 Å². The Kier molecular flexibility index (Phi) is 3.49. The average molecular weight is 272 g/mol. The van der Waals surface area contributed by atoms with Gasteiger partial charge in [0.05, 0.1) is 5.57 Å². The number of rotatable bonds is 2. The molecule has 0 unspecified atom stereocenters. The van der Waals surface area contributed by atoms with E-state index in [0.717, 1.165) is 5.57 Å². The molecule has 104 valence electrons. The Morgan fingerprint density at radius 3 is 2.30 bits per heavy atom. The van der Waals surface area contributed by atoms with E-state index >= 15 is 0 Å². The monoisotopic (exact) mass is 272 g/mol. The number of aliphatic hydroxyl groups is 1. The molecule has 0 spiro atoms. The lowest BCUT2D eigenvalue weighted by Gasteiger charge is -2.15. The van der Waals surface area contributed by atoms with E-state index in [9.17, 15) is 14.7 Å². The molecule has 1 aliphatic rings. The van der Waals surface area contributed by atoms with Crippen LogP contribution in [0.15, 0.2) is 39.0 Å². The summed E-state index contributed by atoms with van der Waals surface area (Å²) < 4.78 is 5.61. The quantitative estimate of drug-likeness (QED) is 0.661. The average Bonchev–Trinajstić information content (AvgIpc) is 2.81. The summed E-state index contributed by atoms with van der Waals surface area (Å²) >= 11 is 0. The topological polar surface area (TPSA) is 67.5 Å². The predicted octanol–water partition coefficient (Wildman–Crippen LogP) is 3.46. The molecule has 0 bridgehead atoms. The molecule has 4 heteroatoms. The highest BCUT2D eigenvalue weighted by Gasteiger charge is 2.32. The van der Waals surface area contributed by atoms with Gasteiger partial charge in [0.1, 0.15) is 17.3 Å². The summed E-state index contributed by atoms with van der Waals surface area (Å²) in [7, 11) is 0. The Morgan fingerprint density at radius 2 is 1.70 bits per heavy atom. The predicted molar refractivity (Wildman–Crippen MR) is 76.0 cm³/mol. The van der Waals surface area contributed by atoms with Crippen molar-refractivity contribution in [2.24, 2.45) is 0 Å². The van der Waals surface area contributed by atoms with Crippen molar-refractivity contribution < 1.29 is 19.1 Å². The maximum Gasteiger partial charge on any atom is 0.232 e. The minimum Gasteiger partial charge on any atom is -0.507 e. The zero-order valence-corrected chi connectivity index (χ0v) is 11.9. The second-order valence-electron chi connectivity index (χ2n) is 5.06. The van der Waals surface area contributed by atoms with Gasteiger partial charge >= 0.3 is 0 Å². The second-order valence-corrected chi connectivity index (χ2v) is 5.06. The minimum atomic E-state index is -0.667. The lowest BCUT2D eigenvalue weighted by Crippen LogP contribution is -2.23. The molecule has 0 atom stereocenters. The van der Waals surface area contributed by atoms with E-state index in [4.69, 9.17) is 4.42 Å². The highest BCUT2D eigenvalue weighted by Crippen LogP contribution is 2.33. The highest BCUT2D eigenvalue weighted by molar-refractivity contribution is 6.51. The van der Waals surface area contributed by atoms with Crippen molar-refractivity contribution in [1.29, 1.82) is 0 Å². The van der Waals surface area contributed by atoms with E-state index in [2.05, 4.69) is 0 Å². The summed E-state index contributed by atoms with van der Waals surface area (Å²) in [6.07, 6.45) is 1.85. The van der Waals surface area contributed by atoms with Crippen LogP contribution in [-0.4, -0.2) is 16.7 Å². The number of allylic oxidation sites excluding steroid dienone is 4. The molecule has 20 heavy (non-hydrogen) atoms. The molecular weight excluding hydrogens is 256 g/mol. The molecule has 0 aliphatic heterocycles. The van der Waals surface area contributed by atoms with E-state index in [1.807, 2.05) is 19.9 Å². The smallest absolute Gasteiger partial charge is 0.232 e.